The molecule has 0 fully saturated rings. The molecule has 0 radical (unpaired) electrons. The molecule has 0 spiro atoms. The number of rotatable bonds is 2. The summed E-state index contributed by atoms with van der Waals surface area (Å²) in [6.07, 6.45) is 2.36. The minimum Gasteiger partial charge on any atom is -0.384 e. The zero-order chi connectivity index (χ0) is 13.2. The quantitative estimate of drug-likeness (QED) is 0.846. The summed E-state index contributed by atoms with van der Waals surface area (Å²) in [7, 11) is 0. The summed E-state index contributed by atoms with van der Waals surface area (Å²) in [6.45, 7) is 5.50. The van der Waals surface area contributed by atoms with Crippen LogP contribution < -0.4 is 5.32 Å². The van der Waals surface area contributed by atoms with Gasteiger partial charge in [-0.1, -0.05) is 42.5 Å². The van der Waals surface area contributed by atoms with E-state index in [-0.39, 0.29) is 0 Å². The Hall–Kier alpha value is -1.76. The largest absolute Gasteiger partial charge is 0.384 e. The second-order valence-electron chi connectivity index (χ2n) is 5.68. The summed E-state index contributed by atoms with van der Waals surface area (Å²) in [6, 6.07) is 15.4. The maximum absolute atomic E-state index is 3.64. The number of hydrogen-bond donors (Lipinski definition) is 1. The molecule has 0 bridgehead atoms. The van der Waals surface area contributed by atoms with Crippen LogP contribution in [0.1, 0.15) is 22.3 Å². The Labute approximate surface area is 115 Å². The Morgan fingerprint density at radius 1 is 1.05 bits per heavy atom. The average molecular weight is 251 g/mol. The molecule has 0 aliphatic carbocycles. The average Bonchev–Trinajstić information content (AvgIpc) is 2.44. The molecule has 3 rings (SSSR count). The lowest BCUT2D eigenvalue weighted by molar-refractivity contribution is 0.534. The van der Waals surface area contributed by atoms with Gasteiger partial charge in [-0.05, 0) is 54.9 Å². The predicted octanol–water partition coefficient (Wildman–Crippen LogP) is 4.13. The molecule has 0 amide bonds. The number of benzene rings is 2. The van der Waals surface area contributed by atoms with E-state index in [1.54, 1.807) is 0 Å². The van der Waals surface area contributed by atoms with Crippen molar-refractivity contribution in [3.63, 3.8) is 0 Å². The molecular formula is C18H21N. The van der Waals surface area contributed by atoms with Crippen LogP contribution in [0.15, 0.2) is 42.5 Å². The molecule has 0 aromatic heterocycles. The third-order valence-electron chi connectivity index (χ3n) is 4.27. The normalized spacial score (nSPS) is 17.7. The summed E-state index contributed by atoms with van der Waals surface area (Å²) < 4.78 is 0. The third-order valence-corrected chi connectivity index (χ3v) is 4.27. The van der Waals surface area contributed by atoms with E-state index in [1.807, 2.05) is 0 Å². The highest BCUT2D eigenvalue weighted by Gasteiger charge is 2.20. The summed E-state index contributed by atoms with van der Waals surface area (Å²) in [5, 5.41) is 3.64. The van der Waals surface area contributed by atoms with Gasteiger partial charge >= 0.3 is 0 Å². The van der Waals surface area contributed by atoms with Crippen LogP contribution in [0.4, 0.5) is 5.69 Å². The number of anilines is 1. The van der Waals surface area contributed by atoms with Gasteiger partial charge in [0.1, 0.15) is 0 Å². The summed E-state index contributed by atoms with van der Waals surface area (Å²) >= 11 is 0. The first-order chi connectivity index (χ1) is 9.24. The van der Waals surface area contributed by atoms with Crippen LogP contribution in [-0.2, 0) is 12.8 Å². The molecule has 1 nitrogen and oxygen atoms in total. The van der Waals surface area contributed by atoms with E-state index in [0.29, 0.717) is 5.92 Å². The van der Waals surface area contributed by atoms with Crippen LogP contribution in [0.25, 0.3) is 0 Å². The number of aryl methyl sites for hydroxylation is 1. The van der Waals surface area contributed by atoms with E-state index in [9.17, 15) is 0 Å². The molecule has 1 atom stereocenters. The van der Waals surface area contributed by atoms with E-state index < -0.39 is 0 Å². The first-order valence-corrected chi connectivity index (χ1v) is 7.11. The molecule has 1 unspecified atom stereocenters. The van der Waals surface area contributed by atoms with Gasteiger partial charge in [-0.2, -0.15) is 0 Å². The number of hydrogen-bond acceptors (Lipinski definition) is 1. The van der Waals surface area contributed by atoms with Gasteiger partial charge in [-0.25, -0.2) is 0 Å². The highest BCUT2D eigenvalue weighted by Crippen LogP contribution is 2.31. The van der Waals surface area contributed by atoms with Crippen molar-refractivity contribution < 1.29 is 0 Å². The second-order valence-corrected chi connectivity index (χ2v) is 5.68. The molecule has 0 saturated heterocycles. The van der Waals surface area contributed by atoms with Crippen LogP contribution in [0.2, 0.25) is 0 Å². The van der Waals surface area contributed by atoms with Crippen LogP contribution in [0.5, 0.6) is 0 Å². The van der Waals surface area contributed by atoms with Crippen LogP contribution in [0, 0.1) is 19.8 Å². The van der Waals surface area contributed by atoms with Gasteiger partial charge in [-0.3, -0.25) is 0 Å². The van der Waals surface area contributed by atoms with Gasteiger partial charge in [0, 0.05) is 12.2 Å². The van der Waals surface area contributed by atoms with Gasteiger partial charge in [0.25, 0.3) is 0 Å². The fourth-order valence-corrected chi connectivity index (χ4v) is 3.01. The smallest absolute Gasteiger partial charge is 0.0405 e. The van der Waals surface area contributed by atoms with Crippen molar-refractivity contribution in [3.8, 4) is 0 Å². The Balaban J connectivity index is 1.78. The third kappa shape index (κ3) is 2.51. The lowest BCUT2D eigenvalue weighted by Crippen LogP contribution is -2.25. The highest BCUT2D eigenvalue weighted by atomic mass is 14.9. The van der Waals surface area contributed by atoms with Gasteiger partial charge in [0.15, 0.2) is 0 Å². The van der Waals surface area contributed by atoms with Crippen molar-refractivity contribution in [1.29, 1.82) is 0 Å². The first-order valence-electron chi connectivity index (χ1n) is 7.11. The van der Waals surface area contributed by atoms with Crippen molar-refractivity contribution in [2.75, 3.05) is 11.9 Å². The second kappa shape index (κ2) is 5.08. The van der Waals surface area contributed by atoms with Gasteiger partial charge in [-0.15, -0.1) is 0 Å². The summed E-state index contributed by atoms with van der Waals surface area (Å²) in [4.78, 5) is 0. The van der Waals surface area contributed by atoms with Crippen LogP contribution in [0.3, 0.4) is 0 Å². The predicted molar refractivity (Wildman–Crippen MR) is 81.7 cm³/mol. The van der Waals surface area contributed by atoms with E-state index in [2.05, 4.69) is 61.6 Å². The Kier molecular flexibility index (Phi) is 3.29. The van der Waals surface area contributed by atoms with Gasteiger partial charge in [0.2, 0.25) is 0 Å². The van der Waals surface area contributed by atoms with Crippen molar-refractivity contribution in [3.05, 3.63) is 64.7 Å². The molecule has 1 N–H and O–H groups in total. The summed E-state index contributed by atoms with van der Waals surface area (Å²) in [5.41, 5.74) is 7.10. The van der Waals surface area contributed by atoms with Gasteiger partial charge < -0.3 is 5.32 Å². The number of nitrogens with one attached hydrogen (secondary N) is 1. The molecule has 2 aromatic rings. The Morgan fingerprint density at radius 2 is 1.84 bits per heavy atom. The number of fused-ring (bicyclic) bond motifs is 1. The monoisotopic (exact) mass is 251 g/mol. The highest BCUT2D eigenvalue weighted by molar-refractivity contribution is 5.61. The standard InChI is InChI=1S/C18H21N/c1-13-8-9-17-11-16(12-19-18(17)14(13)2)10-15-6-4-3-5-7-15/h3-9,16,19H,10-12H2,1-2H3. The van der Waals surface area contributed by atoms with Crippen molar-refractivity contribution in [2.24, 2.45) is 5.92 Å². The molecule has 98 valence electrons. The van der Waals surface area contributed by atoms with Crippen molar-refractivity contribution >= 4 is 5.69 Å². The molecular weight excluding hydrogens is 230 g/mol. The lowest BCUT2D eigenvalue weighted by atomic mass is 9.87. The molecule has 1 heterocycles. The lowest BCUT2D eigenvalue weighted by Gasteiger charge is -2.28. The minimum absolute atomic E-state index is 0.706. The topological polar surface area (TPSA) is 12.0 Å². The SMILES string of the molecule is Cc1ccc2c(c1C)NCC(Cc1ccccc1)C2. The molecule has 2 aromatic carbocycles. The first kappa shape index (κ1) is 12.3. The zero-order valence-electron chi connectivity index (χ0n) is 11.7. The van der Waals surface area contributed by atoms with Crippen LogP contribution >= 0.6 is 0 Å². The maximum atomic E-state index is 3.64. The molecule has 19 heavy (non-hydrogen) atoms. The van der Waals surface area contributed by atoms with Crippen molar-refractivity contribution in [2.45, 2.75) is 26.7 Å². The van der Waals surface area contributed by atoms with E-state index in [1.165, 1.54) is 40.8 Å². The van der Waals surface area contributed by atoms with Gasteiger partial charge in [0.05, 0.1) is 0 Å². The van der Waals surface area contributed by atoms with Crippen LogP contribution in [-0.4, -0.2) is 6.54 Å². The Bertz CT molecular complexity index is 572. The summed E-state index contributed by atoms with van der Waals surface area (Å²) in [5.74, 6) is 0.706. The van der Waals surface area contributed by atoms with E-state index in [0.717, 1.165) is 6.54 Å². The molecule has 1 aliphatic rings. The molecule has 1 heteroatoms. The Morgan fingerprint density at radius 3 is 2.63 bits per heavy atom. The minimum atomic E-state index is 0.706. The molecule has 1 aliphatic heterocycles. The zero-order valence-corrected chi connectivity index (χ0v) is 11.7. The van der Waals surface area contributed by atoms with E-state index >= 15 is 0 Å². The fraction of sp³-hybridized carbons (Fsp3) is 0.333. The maximum Gasteiger partial charge on any atom is 0.0405 e. The fourth-order valence-electron chi connectivity index (χ4n) is 3.01. The molecule has 0 saturated carbocycles. The van der Waals surface area contributed by atoms with E-state index in [4.69, 9.17) is 0 Å². The van der Waals surface area contributed by atoms with Crippen molar-refractivity contribution in [1.82, 2.24) is 0 Å².